The standard InChI is InChI=1S/C23H22F3NO4/c1-4-13(2)27-18(28)12-30-17-11-10-16-20(29)19(15-8-6-5-7-9-15)22(23(24,25)26)31-21(16)14(17)3/h5-11,13H,4,12H2,1-3H3,(H,27,28)/t13-/m0/s1. The molecule has 0 saturated carbocycles. The van der Waals surface area contributed by atoms with Crippen molar-refractivity contribution in [3.05, 3.63) is 64.0 Å². The molecule has 0 aliphatic heterocycles. The van der Waals surface area contributed by atoms with E-state index in [2.05, 4.69) is 5.32 Å². The van der Waals surface area contributed by atoms with E-state index in [1.807, 2.05) is 13.8 Å². The van der Waals surface area contributed by atoms with E-state index in [4.69, 9.17) is 9.15 Å². The average Bonchev–Trinajstić information content (AvgIpc) is 2.73. The molecule has 0 unspecified atom stereocenters. The highest BCUT2D eigenvalue weighted by Crippen LogP contribution is 2.38. The zero-order chi connectivity index (χ0) is 22.8. The Morgan fingerprint density at radius 3 is 2.45 bits per heavy atom. The van der Waals surface area contributed by atoms with Gasteiger partial charge in [-0.05, 0) is 38.0 Å². The minimum absolute atomic E-state index is 0.000704. The molecular weight excluding hydrogens is 411 g/mol. The van der Waals surface area contributed by atoms with Crippen molar-refractivity contribution in [2.45, 2.75) is 39.4 Å². The highest BCUT2D eigenvalue weighted by molar-refractivity contribution is 5.87. The van der Waals surface area contributed by atoms with Gasteiger partial charge in [0.2, 0.25) is 11.2 Å². The molecule has 1 amide bonds. The predicted molar refractivity (Wildman–Crippen MR) is 111 cm³/mol. The van der Waals surface area contributed by atoms with Crippen LogP contribution in [0.3, 0.4) is 0 Å². The number of rotatable bonds is 6. The van der Waals surface area contributed by atoms with Crippen LogP contribution in [0.4, 0.5) is 13.2 Å². The van der Waals surface area contributed by atoms with Crippen LogP contribution < -0.4 is 15.5 Å². The highest BCUT2D eigenvalue weighted by atomic mass is 19.4. The van der Waals surface area contributed by atoms with E-state index >= 15 is 0 Å². The summed E-state index contributed by atoms with van der Waals surface area (Å²) in [5.74, 6) is -1.56. The van der Waals surface area contributed by atoms with Crippen LogP contribution in [0.2, 0.25) is 0 Å². The van der Waals surface area contributed by atoms with Crippen LogP contribution >= 0.6 is 0 Å². The molecule has 1 aromatic heterocycles. The van der Waals surface area contributed by atoms with Crippen molar-refractivity contribution in [3.8, 4) is 16.9 Å². The molecule has 0 saturated heterocycles. The summed E-state index contributed by atoms with van der Waals surface area (Å²) in [5, 5.41) is 2.73. The number of benzene rings is 2. The summed E-state index contributed by atoms with van der Waals surface area (Å²) >= 11 is 0. The lowest BCUT2D eigenvalue weighted by Gasteiger charge is -2.16. The quantitative estimate of drug-likeness (QED) is 0.589. The molecule has 0 fully saturated rings. The fourth-order valence-corrected chi connectivity index (χ4v) is 3.16. The molecular formula is C23H22F3NO4. The smallest absolute Gasteiger partial charge is 0.450 e. The molecule has 1 N–H and O–H groups in total. The van der Waals surface area contributed by atoms with Gasteiger partial charge < -0.3 is 14.5 Å². The Hall–Kier alpha value is -3.29. The van der Waals surface area contributed by atoms with Crippen molar-refractivity contribution >= 4 is 16.9 Å². The van der Waals surface area contributed by atoms with Crippen LogP contribution in [0, 0.1) is 6.92 Å². The lowest BCUT2D eigenvalue weighted by Crippen LogP contribution is -2.35. The van der Waals surface area contributed by atoms with Gasteiger partial charge in [0.1, 0.15) is 11.3 Å². The van der Waals surface area contributed by atoms with Gasteiger partial charge in [0, 0.05) is 11.6 Å². The molecule has 2 aromatic carbocycles. The fourth-order valence-electron chi connectivity index (χ4n) is 3.16. The molecule has 0 spiro atoms. The zero-order valence-electron chi connectivity index (χ0n) is 17.3. The van der Waals surface area contributed by atoms with E-state index in [0.29, 0.717) is 0 Å². The third-order valence-electron chi connectivity index (χ3n) is 4.96. The van der Waals surface area contributed by atoms with Gasteiger partial charge in [-0.3, -0.25) is 9.59 Å². The number of carbonyl (C=O) groups is 1. The molecule has 0 bridgehead atoms. The molecule has 5 nitrogen and oxygen atoms in total. The zero-order valence-corrected chi connectivity index (χ0v) is 17.3. The van der Waals surface area contributed by atoms with Crippen LogP contribution in [-0.4, -0.2) is 18.6 Å². The number of hydrogen-bond donors (Lipinski definition) is 1. The first-order chi connectivity index (χ1) is 14.6. The summed E-state index contributed by atoms with van der Waals surface area (Å²) in [6.45, 7) is 4.94. The number of hydrogen-bond acceptors (Lipinski definition) is 4. The molecule has 164 valence electrons. The number of ether oxygens (including phenoxy) is 1. The van der Waals surface area contributed by atoms with Gasteiger partial charge in [-0.2, -0.15) is 13.2 Å². The van der Waals surface area contributed by atoms with E-state index in [-0.39, 0.29) is 46.4 Å². The van der Waals surface area contributed by atoms with Crippen molar-refractivity contribution in [1.82, 2.24) is 5.32 Å². The topological polar surface area (TPSA) is 68.5 Å². The first-order valence-electron chi connectivity index (χ1n) is 9.78. The van der Waals surface area contributed by atoms with Gasteiger partial charge >= 0.3 is 6.18 Å². The third-order valence-corrected chi connectivity index (χ3v) is 4.96. The Kier molecular flexibility index (Phi) is 6.38. The Morgan fingerprint density at radius 2 is 1.84 bits per heavy atom. The molecule has 0 aliphatic carbocycles. The van der Waals surface area contributed by atoms with Gasteiger partial charge in [-0.15, -0.1) is 0 Å². The van der Waals surface area contributed by atoms with E-state index in [9.17, 15) is 22.8 Å². The summed E-state index contributed by atoms with van der Waals surface area (Å²) in [4.78, 5) is 25.0. The summed E-state index contributed by atoms with van der Waals surface area (Å²) in [7, 11) is 0. The maximum absolute atomic E-state index is 13.8. The Bertz CT molecular complexity index is 1150. The number of halogens is 3. The summed E-state index contributed by atoms with van der Waals surface area (Å²) in [5.41, 5.74) is -1.23. The Balaban J connectivity index is 2.08. The highest BCUT2D eigenvalue weighted by Gasteiger charge is 2.39. The van der Waals surface area contributed by atoms with Gasteiger partial charge in [-0.25, -0.2) is 0 Å². The number of amides is 1. The first-order valence-corrected chi connectivity index (χ1v) is 9.78. The van der Waals surface area contributed by atoms with E-state index in [1.54, 1.807) is 18.2 Å². The second-order valence-corrected chi connectivity index (χ2v) is 7.23. The lowest BCUT2D eigenvalue weighted by molar-refractivity contribution is -0.152. The molecule has 8 heteroatoms. The second kappa shape index (κ2) is 8.83. The molecule has 0 radical (unpaired) electrons. The van der Waals surface area contributed by atoms with Crippen LogP contribution in [0.25, 0.3) is 22.1 Å². The average molecular weight is 433 g/mol. The number of aryl methyl sites for hydroxylation is 1. The van der Waals surface area contributed by atoms with Gasteiger partial charge in [0.05, 0.1) is 10.9 Å². The Morgan fingerprint density at radius 1 is 1.16 bits per heavy atom. The van der Waals surface area contributed by atoms with Gasteiger partial charge in [-0.1, -0.05) is 37.3 Å². The lowest BCUT2D eigenvalue weighted by atomic mass is 10.0. The minimum Gasteiger partial charge on any atom is -0.483 e. The molecule has 1 atom stereocenters. The fraction of sp³-hybridized carbons (Fsp3) is 0.304. The number of carbonyl (C=O) groups excluding carboxylic acids is 1. The maximum Gasteiger partial charge on any atom is 0.450 e. The number of nitrogens with one attached hydrogen (secondary N) is 1. The maximum atomic E-state index is 13.8. The summed E-state index contributed by atoms with van der Waals surface area (Å²) in [6, 6.07) is 10.4. The van der Waals surface area contributed by atoms with Crippen LogP contribution in [-0.2, 0) is 11.0 Å². The molecule has 3 rings (SSSR count). The predicted octanol–water partition coefficient (Wildman–Crippen LogP) is 5.08. The normalized spacial score (nSPS) is 12.6. The van der Waals surface area contributed by atoms with Gasteiger partial charge in [0.25, 0.3) is 5.91 Å². The van der Waals surface area contributed by atoms with Crippen molar-refractivity contribution in [3.63, 3.8) is 0 Å². The third kappa shape index (κ3) is 4.73. The van der Waals surface area contributed by atoms with E-state index in [1.165, 1.54) is 31.2 Å². The molecule has 1 heterocycles. The Labute approximate surface area is 176 Å². The second-order valence-electron chi connectivity index (χ2n) is 7.23. The summed E-state index contributed by atoms with van der Waals surface area (Å²) < 4.78 is 52.0. The molecule has 0 aliphatic rings. The summed E-state index contributed by atoms with van der Waals surface area (Å²) in [6.07, 6.45) is -4.13. The van der Waals surface area contributed by atoms with Crippen molar-refractivity contribution in [2.75, 3.05) is 6.61 Å². The van der Waals surface area contributed by atoms with E-state index in [0.717, 1.165) is 6.42 Å². The van der Waals surface area contributed by atoms with Crippen LogP contribution in [0.1, 0.15) is 31.6 Å². The van der Waals surface area contributed by atoms with Crippen LogP contribution in [0.5, 0.6) is 5.75 Å². The van der Waals surface area contributed by atoms with Crippen molar-refractivity contribution < 1.29 is 27.1 Å². The molecule has 3 aromatic rings. The SMILES string of the molecule is CC[C@H](C)NC(=O)COc1ccc2c(=O)c(-c3ccccc3)c(C(F)(F)F)oc2c1C. The van der Waals surface area contributed by atoms with E-state index < -0.39 is 22.9 Å². The monoisotopic (exact) mass is 433 g/mol. The number of fused-ring (bicyclic) bond motifs is 1. The van der Waals surface area contributed by atoms with Crippen molar-refractivity contribution in [1.29, 1.82) is 0 Å². The largest absolute Gasteiger partial charge is 0.483 e. The van der Waals surface area contributed by atoms with Crippen LogP contribution in [0.15, 0.2) is 51.7 Å². The number of alkyl halides is 3. The van der Waals surface area contributed by atoms with Gasteiger partial charge in [0.15, 0.2) is 6.61 Å². The first kappa shape index (κ1) is 22.4. The molecule has 31 heavy (non-hydrogen) atoms. The van der Waals surface area contributed by atoms with Crippen molar-refractivity contribution in [2.24, 2.45) is 0 Å². The minimum atomic E-state index is -4.88.